The van der Waals surface area contributed by atoms with Gasteiger partial charge in [0.1, 0.15) is 12.7 Å². The molecule has 344 valence electrons. The van der Waals surface area contributed by atoms with Crippen molar-refractivity contribution in [1.82, 2.24) is 0 Å². The average molecular weight is 889 g/mol. The molecular formula is C44H74O14P2. The summed E-state index contributed by atoms with van der Waals surface area (Å²) in [7, 11) is -9.72. The smallest absolute Gasteiger partial charge is 0.462 e. The lowest BCUT2D eigenvalue weighted by Crippen LogP contribution is -2.29. The number of carbonyl (C=O) groups excluding carboxylic acids is 2. The van der Waals surface area contributed by atoms with Crippen LogP contribution in [0.1, 0.15) is 136 Å². The Morgan fingerprint density at radius 2 is 1.05 bits per heavy atom. The second-order valence-corrected chi connectivity index (χ2v) is 16.8. The van der Waals surface area contributed by atoms with E-state index in [0.29, 0.717) is 25.7 Å². The fourth-order valence-electron chi connectivity index (χ4n) is 5.01. The molecule has 0 saturated heterocycles. The predicted octanol–water partition coefficient (Wildman–Crippen LogP) is 9.75. The summed E-state index contributed by atoms with van der Waals surface area (Å²) in [6, 6.07) is 0. The first-order valence-corrected chi connectivity index (χ1v) is 24.4. The van der Waals surface area contributed by atoms with E-state index in [1.54, 1.807) is 6.08 Å². The van der Waals surface area contributed by atoms with Gasteiger partial charge in [0.05, 0.1) is 25.9 Å². The van der Waals surface area contributed by atoms with Gasteiger partial charge in [0.15, 0.2) is 6.10 Å². The molecule has 14 nitrogen and oxygen atoms in total. The SMILES string of the molecule is CCCCC/C=C\C/C=C\CCCCCCCC(=O)OC[C@H](COP(=O)(O)OC[C@@H](O)COP(=O)(O)O)OC(=O)CCC/C=C\C/C=C\C/C=C\C/C=C\C=C\[C@H](O)CC. The molecule has 0 spiro atoms. The maximum absolute atomic E-state index is 12.6. The highest BCUT2D eigenvalue weighted by atomic mass is 31.2. The Bertz CT molecular complexity index is 1400. The average Bonchev–Trinajstić information content (AvgIpc) is 3.21. The van der Waals surface area contributed by atoms with Gasteiger partial charge in [0.25, 0.3) is 0 Å². The molecule has 0 fully saturated rings. The van der Waals surface area contributed by atoms with Crippen molar-refractivity contribution in [2.24, 2.45) is 0 Å². The van der Waals surface area contributed by atoms with Crippen molar-refractivity contribution in [2.45, 2.75) is 154 Å². The van der Waals surface area contributed by atoms with Crippen molar-refractivity contribution in [3.63, 3.8) is 0 Å². The number of hydrogen-bond donors (Lipinski definition) is 5. The highest BCUT2D eigenvalue weighted by Gasteiger charge is 2.28. The molecule has 16 heteroatoms. The van der Waals surface area contributed by atoms with E-state index in [9.17, 15) is 33.8 Å². The number of esters is 2. The standard InChI is InChI=1S/C44H74O14P2/c1-3-5-6-7-8-9-10-11-12-16-19-22-25-28-31-34-43(47)54-38-42(39-57-60(52,53)56-37-41(46)36-55-59(49,50)51)58-44(48)35-32-29-26-23-20-17-14-13-15-18-21-24-27-30-33-40(45)4-2/h8-9,11-12,14-15,17-18,23-24,26-27,30,33,40-42,45-46H,3-7,10,13,16,19-22,25,28-29,31-32,34-39H2,1-2H3,(H,52,53)(H2,49,50,51)/b9-8-,12-11-,17-14-,18-15-,26-23-,27-24-,33-30+/t40-,41+,42-/m1/s1. The van der Waals surface area contributed by atoms with E-state index < -0.39 is 72.3 Å². The summed E-state index contributed by atoms with van der Waals surface area (Å²) in [6.07, 6.45) is 41.0. The third kappa shape index (κ3) is 42.0. The number of phosphoric acid groups is 2. The number of aliphatic hydroxyl groups is 2. The van der Waals surface area contributed by atoms with Crippen LogP contribution in [0.25, 0.3) is 0 Å². The van der Waals surface area contributed by atoms with Gasteiger partial charge in [-0.2, -0.15) is 0 Å². The quantitative estimate of drug-likeness (QED) is 0.0128. The van der Waals surface area contributed by atoms with E-state index in [1.165, 1.54) is 19.3 Å². The summed E-state index contributed by atoms with van der Waals surface area (Å²) in [6.45, 7) is 1.29. The summed E-state index contributed by atoms with van der Waals surface area (Å²) in [5, 5.41) is 19.2. The van der Waals surface area contributed by atoms with E-state index in [4.69, 9.17) is 23.8 Å². The first-order chi connectivity index (χ1) is 28.8. The lowest BCUT2D eigenvalue weighted by Gasteiger charge is -2.20. The fourth-order valence-corrected chi connectivity index (χ4v) is 6.17. The molecule has 0 aromatic rings. The minimum atomic E-state index is -4.88. The van der Waals surface area contributed by atoms with Crippen LogP contribution in [0, 0.1) is 0 Å². The van der Waals surface area contributed by atoms with Gasteiger partial charge in [0.2, 0.25) is 0 Å². The van der Waals surface area contributed by atoms with Crippen molar-refractivity contribution in [3.8, 4) is 0 Å². The first-order valence-electron chi connectivity index (χ1n) is 21.4. The molecule has 0 amide bonds. The molecule has 0 rings (SSSR count). The van der Waals surface area contributed by atoms with Crippen LogP contribution in [0.5, 0.6) is 0 Å². The van der Waals surface area contributed by atoms with Crippen LogP contribution in [-0.2, 0) is 41.8 Å². The van der Waals surface area contributed by atoms with Gasteiger partial charge in [-0.3, -0.25) is 23.2 Å². The van der Waals surface area contributed by atoms with E-state index >= 15 is 0 Å². The number of phosphoric ester groups is 2. The molecule has 0 bridgehead atoms. The summed E-state index contributed by atoms with van der Waals surface area (Å²) in [5.74, 6) is -1.14. The Labute approximate surface area is 359 Å². The Morgan fingerprint density at radius 3 is 1.65 bits per heavy atom. The zero-order valence-corrected chi connectivity index (χ0v) is 37.7. The van der Waals surface area contributed by atoms with Crippen molar-refractivity contribution in [1.29, 1.82) is 0 Å². The second-order valence-electron chi connectivity index (χ2n) is 14.1. The molecule has 0 aromatic heterocycles. The lowest BCUT2D eigenvalue weighted by atomic mass is 10.1. The Balaban J connectivity index is 4.69. The molecule has 0 aromatic carbocycles. The highest BCUT2D eigenvalue weighted by molar-refractivity contribution is 7.47. The van der Waals surface area contributed by atoms with Gasteiger partial charge < -0.3 is 34.4 Å². The largest absolute Gasteiger partial charge is 0.472 e. The second kappa shape index (κ2) is 39.1. The molecule has 0 aliphatic rings. The van der Waals surface area contributed by atoms with Crippen molar-refractivity contribution in [3.05, 3.63) is 85.1 Å². The molecule has 0 aliphatic carbocycles. The maximum atomic E-state index is 12.6. The minimum Gasteiger partial charge on any atom is -0.462 e. The number of unbranched alkanes of at least 4 members (excludes halogenated alkanes) is 9. The van der Waals surface area contributed by atoms with Crippen LogP contribution in [0.2, 0.25) is 0 Å². The summed E-state index contributed by atoms with van der Waals surface area (Å²) >= 11 is 0. The molecule has 0 radical (unpaired) electrons. The third-order valence-electron chi connectivity index (χ3n) is 8.42. The molecule has 4 atom stereocenters. The number of ether oxygens (including phenoxy) is 2. The van der Waals surface area contributed by atoms with Crippen LogP contribution in [0.4, 0.5) is 0 Å². The van der Waals surface area contributed by atoms with Crippen molar-refractivity contribution >= 4 is 27.6 Å². The van der Waals surface area contributed by atoms with Gasteiger partial charge in [-0.05, 0) is 77.0 Å². The highest BCUT2D eigenvalue weighted by Crippen LogP contribution is 2.43. The van der Waals surface area contributed by atoms with Crippen LogP contribution < -0.4 is 0 Å². The molecule has 5 N–H and O–H groups in total. The molecule has 0 saturated carbocycles. The van der Waals surface area contributed by atoms with Crippen LogP contribution >= 0.6 is 15.6 Å². The maximum Gasteiger partial charge on any atom is 0.472 e. The number of carbonyl (C=O) groups is 2. The van der Waals surface area contributed by atoms with E-state index in [0.717, 1.165) is 64.2 Å². The van der Waals surface area contributed by atoms with Gasteiger partial charge in [-0.15, -0.1) is 0 Å². The molecule has 60 heavy (non-hydrogen) atoms. The van der Waals surface area contributed by atoms with Gasteiger partial charge in [0, 0.05) is 12.8 Å². The minimum absolute atomic E-state index is 0.0316. The zero-order valence-electron chi connectivity index (χ0n) is 35.9. The van der Waals surface area contributed by atoms with E-state index in [-0.39, 0.29) is 12.8 Å². The summed E-state index contributed by atoms with van der Waals surface area (Å²) in [5.41, 5.74) is 0. The third-order valence-corrected chi connectivity index (χ3v) is 9.85. The van der Waals surface area contributed by atoms with Gasteiger partial charge >= 0.3 is 27.6 Å². The lowest BCUT2D eigenvalue weighted by molar-refractivity contribution is -0.161. The Morgan fingerprint density at radius 1 is 0.550 bits per heavy atom. The Kier molecular flexibility index (Phi) is 37.3. The van der Waals surface area contributed by atoms with Gasteiger partial charge in [-0.1, -0.05) is 131 Å². The topological polar surface area (TPSA) is 216 Å². The Hall–Kier alpha value is -2.74. The van der Waals surface area contributed by atoms with Crippen molar-refractivity contribution < 1.29 is 66.7 Å². The molecule has 1 unspecified atom stereocenters. The van der Waals surface area contributed by atoms with Crippen LogP contribution in [-0.4, -0.2) is 81.6 Å². The number of hydrogen-bond acceptors (Lipinski definition) is 11. The van der Waals surface area contributed by atoms with E-state index in [1.807, 2.05) is 43.4 Å². The number of aliphatic hydroxyl groups excluding tert-OH is 2. The van der Waals surface area contributed by atoms with Crippen LogP contribution in [0.15, 0.2) is 85.1 Å². The molecule has 0 aliphatic heterocycles. The monoisotopic (exact) mass is 888 g/mol. The predicted molar refractivity (Wildman–Crippen MR) is 236 cm³/mol. The molecule has 0 heterocycles. The first kappa shape index (κ1) is 57.3. The molecular weight excluding hydrogens is 814 g/mol. The van der Waals surface area contributed by atoms with E-state index in [2.05, 4.69) is 58.5 Å². The van der Waals surface area contributed by atoms with Crippen LogP contribution in [0.3, 0.4) is 0 Å². The summed E-state index contributed by atoms with van der Waals surface area (Å²) < 4.78 is 47.6. The normalized spacial score (nSPS) is 15.4. The van der Waals surface area contributed by atoms with Gasteiger partial charge in [-0.25, -0.2) is 9.13 Å². The number of rotatable bonds is 39. The van der Waals surface area contributed by atoms with Crippen molar-refractivity contribution in [2.75, 3.05) is 26.4 Å². The summed E-state index contributed by atoms with van der Waals surface area (Å²) in [4.78, 5) is 52.6. The fraction of sp³-hybridized carbons (Fsp3) is 0.636. The zero-order chi connectivity index (χ0) is 44.6. The number of allylic oxidation sites excluding steroid dienone is 13.